The van der Waals surface area contributed by atoms with Crippen molar-refractivity contribution in [2.45, 2.75) is 26.7 Å². The van der Waals surface area contributed by atoms with Crippen LogP contribution in [0.1, 0.15) is 26.7 Å². The number of nitrogens with zero attached hydrogens (tertiary/aromatic N) is 2. The number of hydrogen-bond donors (Lipinski definition) is 2. The number of carbonyl (C=O) groups excluding carboxylic acids is 1. The molecule has 1 saturated heterocycles. The summed E-state index contributed by atoms with van der Waals surface area (Å²) in [7, 11) is 3.08. The van der Waals surface area contributed by atoms with Gasteiger partial charge < -0.3 is 25.1 Å². The molecule has 1 amide bonds. The van der Waals surface area contributed by atoms with Crippen LogP contribution in [0.15, 0.2) is 41.2 Å². The van der Waals surface area contributed by atoms with Gasteiger partial charge in [0.25, 0.3) is 5.56 Å². The molecule has 180 valence electrons. The zero-order chi connectivity index (χ0) is 24.4. The Morgan fingerprint density at radius 1 is 1.12 bits per heavy atom. The minimum atomic E-state index is -0.264. The minimum Gasteiger partial charge on any atom is -0.497 e. The fourth-order valence-corrected chi connectivity index (χ4v) is 5.08. The molecule has 34 heavy (non-hydrogen) atoms. The number of fused-ring (bicyclic) bond motifs is 1. The van der Waals surface area contributed by atoms with Gasteiger partial charge in [0.05, 0.1) is 19.7 Å². The van der Waals surface area contributed by atoms with Crippen LogP contribution >= 0.6 is 0 Å². The summed E-state index contributed by atoms with van der Waals surface area (Å²) in [6, 6.07) is 11.4. The van der Waals surface area contributed by atoms with Gasteiger partial charge in [-0.1, -0.05) is 13.8 Å². The Morgan fingerprint density at radius 3 is 2.35 bits per heavy atom. The molecule has 1 aliphatic heterocycles. The van der Waals surface area contributed by atoms with E-state index in [1.54, 1.807) is 19.2 Å². The Kier molecular flexibility index (Phi) is 6.77. The van der Waals surface area contributed by atoms with E-state index in [2.05, 4.69) is 28.7 Å². The number of primary amides is 1. The molecule has 1 aromatic heterocycles. The highest BCUT2D eigenvalue weighted by Crippen LogP contribution is 2.33. The van der Waals surface area contributed by atoms with Gasteiger partial charge >= 0.3 is 0 Å². The van der Waals surface area contributed by atoms with E-state index in [0.29, 0.717) is 34.1 Å². The quantitative estimate of drug-likeness (QED) is 0.553. The van der Waals surface area contributed by atoms with Crippen LogP contribution in [0.25, 0.3) is 22.3 Å². The summed E-state index contributed by atoms with van der Waals surface area (Å²) in [6.07, 6.45) is 1.88. The highest BCUT2D eigenvalue weighted by Gasteiger charge is 2.32. The maximum absolute atomic E-state index is 12.8. The Morgan fingerprint density at radius 2 is 1.79 bits per heavy atom. The number of aromatic amines is 1. The summed E-state index contributed by atoms with van der Waals surface area (Å²) in [5.41, 5.74) is 7.83. The second-order valence-electron chi connectivity index (χ2n) is 9.18. The lowest BCUT2D eigenvalue weighted by Crippen LogP contribution is -2.41. The van der Waals surface area contributed by atoms with E-state index in [-0.39, 0.29) is 23.3 Å². The van der Waals surface area contributed by atoms with Crippen molar-refractivity contribution in [3.05, 3.63) is 46.8 Å². The zero-order valence-electron chi connectivity index (χ0n) is 20.1. The molecular formula is C26H32N4O4. The molecule has 1 atom stereocenters. The van der Waals surface area contributed by atoms with E-state index < -0.39 is 0 Å². The Bertz CT molecular complexity index is 1230. The summed E-state index contributed by atoms with van der Waals surface area (Å²) >= 11 is 0. The van der Waals surface area contributed by atoms with Gasteiger partial charge in [0.2, 0.25) is 5.91 Å². The highest BCUT2D eigenvalue weighted by atomic mass is 16.5. The fraction of sp³-hybridized carbons (Fsp3) is 0.423. The molecule has 8 nitrogen and oxygen atoms in total. The molecule has 0 bridgehead atoms. The SMILES string of the molecule is COc1cc(OC)c2c(=O)[nH]c(-c3ccc(N4CCC(C(C(N)=O)C(C)C)CC4)cc3)nc2c1. The zero-order valence-corrected chi connectivity index (χ0v) is 20.1. The average molecular weight is 465 g/mol. The molecule has 0 radical (unpaired) electrons. The lowest BCUT2D eigenvalue weighted by atomic mass is 9.77. The van der Waals surface area contributed by atoms with Crippen LogP contribution in [0.3, 0.4) is 0 Å². The molecule has 0 saturated carbocycles. The number of nitrogens with two attached hydrogens (primary N) is 1. The molecule has 2 heterocycles. The van der Waals surface area contributed by atoms with E-state index >= 15 is 0 Å². The lowest BCUT2D eigenvalue weighted by molar-refractivity contribution is -0.125. The van der Waals surface area contributed by atoms with Gasteiger partial charge in [0, 0.05) is 42.4 Å². The Hall–Kier alpha value is -3.55. The third kappa shape index (κ3) is 4.58. The smallest absolute Gasteiger partial charge is 0.262 e. The largest absolute Gasteiger partial charge is 0.497 e. The predicted octanol–water partition coefficient (Wildman–Crippen LogP) is 3.58. The van der Waals surface area contributed by atoms with Gasteiger partial charge in [-0.05, 0) is 48.9 Å². The van der Waals surface area contributed by atoms with Crippen molar-refractivity contribution in [3.63, 3.8) is 0 Å². The number of piperidine rings is 1. The van der Waals surface area contributed by atoms with Crippen molar-refractivity contribution < 1.29 is 14.3 Å². The van der Waals surface area contributed by atoms with E-state index in [0.717, 1.165) is 37.2 Å². The van der Waals surface area contributed by atoms with Crippen molar-refractivity contribution in [3.8, 4) is 22.9 Å². The van der Waals surface area contributed by atoms with Crippen molar-refractivity contribution in [2.75, 3.05) is 32.2 Å². The van der Waals surface area contributed by atoms with Gasteiger partial charge in [-0.25, -0.2) is 4.98 Å². The molecule has 3 N–H and O–H groups in total. The molecule has 1 unspecified atom stereocenters. The lowest BCUT2D eigenvalue weighted by Gasteiger charge is -2.37. The number of benzene rings is 2. The third-order valence-electron chi connectivity index (χ3n) is 6.80. The number of hydrogen-bond acceptors (Lipinski definition) is 6. The second-order valence-corrected chi connectivity index (χ2v) is 9.18. The first-order valence-electron chi connectivity index (χ1n) is 11.6. The van der Waals surface area contributed by atoms with Crippen molar-refractivity contribution in [1.82, 2.24) is 9.97 Å². The standard InChI is InChI=1S/C26H32N4O4/c1-15(2)22(24(27)31)16-9-11-30(12-10-16)18-7-5-17(6-8-18)25-28-20-13-19(33-3)14-21(34-4)23(20)26(32)29-25/h5-8,13-16,22H,9-12H2,1-4H3,(H2,27,31)(H,28,29,32). The van der Waals surface area contributed by atoms with Crippen LogP contribution in [0, 0.1) is 17.8 Å². The van der Waals surface area contributed by atoms with E-state index in [9.17, 15) is 9.59 Å². The molecule has 3 aromatic rings. The molecule has 8 heteroatoms. The number of anilines is 1. The molecule has 1 fully saturated rings. The van der Waals surface area contributed by atoms with Gasteiger partial charge in [-0.2, -0.15) is 0 Å². The van der Waals surface area contributed by atoms with Gasteiger partial charge in [-0.15, -0.1) is 0 Å². The van der Waals surface area contributed by atoms with Gasteiger partial charge in [0.1, 0.15) is 22.7 Å². The van der Waals surface area contributed by atoms with Crippen LogP contribution in [0.2, 0.25) is 0 Å². The molecule has 4 rings (SSSR count). The number of amides is 1. The van der Waals surface area contributed by atoms with Crippen LogP contribution in [0.5, 0.6) is 11.5 Å². The summed E-state index contributed by atoms with van der Waals surface area (Å²) < 4.78 is 10.7. The first-order valence-corrected chi connectivity index (χ1v) is 11.6. The van der Waals surface area contributed by atoms with E-state index in [1.165, 1.54) is 7.11 Å². The van der Waals surface area contributed by atoms with Crippen LogP contribution in [-0.4, -0.2) is 43.2 Å². The monoisotopic (exact) mass is 464 g/mol. The number of carbonyl (C=O) groups is 1. The predicted molar refractivity (Wildman–Crippen MR) is 133 cm³/mol. The van der Waals surface area contributed by atoms with Crippen molar-refractivity contribution in [2.24, 2.45) is 23.5 Å². The second kappa shape index (κ2) is 9.75. The van der Waals surface area contributed by atoms with Crippen LogP contribution in [0.4, 0.5) is 5.69 Å². The fourth-order valence-electron chi connectivity index (χ4n) is 5.08. The van der Waals surface area contributed by atoms with Gasteiger partial charge in [0.15, 0.2) is 0 Å². The number of H-pyrrole nitrogens is 1. The topological polar surface area (TPSA) is 111 Å². The van der Waals surface area contributed by atoms with Gasteiger partial charge in [-0.3, -0.25) is 9.59 Å². The van der Waals surface area contributed by atoms with E-state index in [1.807, 2.05) is 24.3 Å². The maximum Gasteiger partial charge on any atom is 0.262 e. The van der Waals surface area contributed by atoms with Crippen LogP contribution < -0.4 is 25.7 Å². The van der Waals surface area contributed by atoms with Crippen molar-refractivity contribution in [1.29, 1.82) is 0 Å². The number of methoxy groups -OCH3 is 2. The number of rotatable bonds is 7. The minimum absolute atomic E-state index is 0.0717. The summed E-state index contributed by atoms with van der Waals surface area (Å²) in [5.74, 6) is 1.80. The first-order chi connectivity index (χ1) is 16.3. The first kappa shape index (κ1) is 23.6. The highest BCUT2D eigenvalue weighted by molar-refractivity contribution is 5.87. The van der Waals surface area contributed by atoms with Crippen LogP contribution in [-0.2, 0) is 4.79 Å². The summed E-state index contributed by atoms with van der Waals surface area (Å²) in [4.78, 5) is 34.5. The van der Waals surface area contributed by atoms with E-state index in [4.69, 9.17) is 15.2 Å². The maximum atomic E-state index is 12.8. The summed E-state index contributed by atoms with van der Waals surface area (Å²) in [5, 5.41) is 0.391. The molecule has 1 aliphatic rings. The number of aromatic nitrogens is 2. The molecule has 0 spiro atoms. The molecule has 2 aromatic carbocycles. The average Bonchev–Trinajstić information content (AvgIpc) is 2.83. The number of nitrogens with one attached hydrogen (secondary N) is 1. The summed E-state index contributed by atoms with van der Waals surface area (Å²) in [6.45, 7) is 5.89. The molecular weight excluding hydrogens is 432 g/mol. The number of ether oxygens (including phenoxy) is 2. The third-order valence-corrected chi connectivity index (χ3v) is 6.80. The normalized spacial score (nSPS) is 15.5. The Balaban J connectivity index is 1.54. The Labute approximate surface area is 199 Å². The van der Waals surface area contributed by atoms with Crippen molar-refractivity contribution >= 4 is 22.5 Å². The molecule has 0 aliphatic carbocycles.